The fourth-order valence-electron chi connectivity index (χ4n) is 1.92. The topological polar surface area (TPSA) is 140 Å². The molecule has 0 bridgehead atoms. The van der Waals surface area contributed by atoms with E-state index in [1.165, 1.54) is 0 Å². The van der Waals surface area contributed by atoms with E-state index >= 15 is 0 Å². The number of aryl methyl sites for hydroxylation is 1. The number of hydrogen-bond acceptors (Lipinski definition) is 7. The van der Waals surface area contributed by atoms with E-state index < -0.39 is 10.4 Å². The minimum absolute atomic E-state index is 0. The van der Waals surface area contributed by atoms with Crippen molar-refractivity contribution in [1.29, 1.82) is 0 Å². The Bertz CT molecular complexity index is 533. The van der Waals surface area contributed by atoms with Crippen LogP contribution in [0.2, 0.25) is 0 Å². The lowest BCUT2D eigenvalue weighted by Gasteiger charge is -2.14. The van der Waals surface area contributed by atoms with Crippen molar-refractivity contribution < 1.29 is 27.5 Å². The number of nitrogen functional groups attached to an aromatic ring is 1. The average molecular weight is 292 g/mol. The molecule has 1 fully saturated rings. The van der Waals surface area contributed by atoms with Crippen LogP contribution >= 0.6 is 0 Å². The summed E-state index contributed by atoms with van der Waals surface area (Å²) >= 11 is 0. The number of anilines is 2. The fraction of sp³-hybridized carbons (Fsp3) is 0.556. The van der Waals surface area contributed by atoms with Gasteiger partial charge in [-0.15, -0.1) is 0 Å². The van der Waals surface area contributed by atoms with Gasteiger partial charge in [0.15, 0.2) is 0 Å². The maximum absolute atomic E-state index is 10.7. The molecule has 0 atom stereocenters. The van der Waals surface area contributed by atoms with Crippen molar-refractivity contribution in [2.24, 2.45) is 0 Å². The highest BCUT2D eigenvalue weighted by Gasteiger charge is 2.24. The van der Waals surface area contributed by atoms with Crippen LogP contribution in [0.1, 0.15) is 18.5 Å². The van der Waals surface area contributed by atoms with Gasteiger partial charge in [0, 0.05) is 19.2 Å². The van der Waals surface area contributed by atoms with E-state index in [2.05, 4.69) is 14.2 Å². The Labute approximate surface area is 110 Å². The van der Waals surface area contributed by atoms with Gasteiger partial charge in [0.25, 0.3) is 0 Å². The van der Waals surface area contributed by atoms with Gasteiger partial charge in [0.1, 0.15) is 5.69 Å². The zero-order chi connectivity index (χ0) is 13.3. The van der Waals surface area contributed by atoms with Crippen molar-refractivity contribution in [2.75, 3.05) is 23.7 Å². The molecule has 1 saturated heterocycles. The molecule has 10 heteroatoms. The molecule has 19 heavy (non-hydrogen) atoms. The Morgan fingerprint density at radius 3 is 2.53 bits per heavy atom. The van der Waals surface area contributed by atoms with Crippen LogP contribution in [0.25, 0.3) is 0 Å². The van der Waals surface area contributed by atoms with Crippen molar-refractivity contribution >= 4 is 22.2 Å². The van der Waals surface area contributed by atoms with Gasteiger partial charge >= 0.3 is 16.3 Å². The molecule has 0 aliphatic carbocycles. The first-order valence-electron chi connectivity index (χ1n) is 5.48. The largest absolute Gasteiger partial charge is 0.870 e. The highest BCUT2D eigenvalue weighted by atomic mass is 32.3. The number of hydrogen-bond donors (Lipinski definition) is 2. The number of aromatic nitrogens is 2. The third kappa shape index (κ3) is 3.66. The molecule has 1 aromatic rings. The molecule has 1 aliphatic rings. The van der Waals surface area contributed by atoms with E-state index in [9.17, 15) is 8.42 Å². The average Bonchev–Trinajstić information content (AvgIpc) is 2.75. The summed E-state index contributed by atoms with van der Waals surface area (Å²) in [5, 5.41) is 0. The third-order valence-corrected chi connectivity index (χ3v) is 3.03. The maximum Gasteiger partial charge on any atom is 0.476 e. The summed E-state index contributed by atoms with van der Waals surface area (Å²) in [4.78, 5) is 6.12. The van der Waals surface area contributed by atoms with E-state index in [1.807, 2.05) is 0 Å². The van der Waals surface area contributed by atoms with E-state index in [0.29, 0.717) is 11.5 Å². The number of rotatable bonds is 3. The first-order chi connectivity index (χ1) is 8.37. The lowest BCUT2D eigenvalue weighted by molar-refractivity contribution is -0.851. The van der Waals surface area contributed by atoms with E-state index in [4.69, 9.17) is 10.3 Å². The van der Waals surface area contributed by atoms with Crippen LogP contribution in [0, 0.1) is 6.92 Å². The van der Waals surface area contributed by atoms with Crippen molar-refractivity contribution in [1.82, 2.24) is 4.98 Å². The van der Waals surface area contributed by atoms with Crippen LogP contribution in [0.5, 0.6) is 0 Å². The van der Waals surface area contributed by atoms with E-state index in [1.54, 1.807) is 13.0 Å². The van der Waals surface area contributed by atoms with Crippen LogP contribution in [0.4, 0.5) is 11.8 Å². The molecule has 9 nitrogen and oxygen atoms in total. The van der Waals surface area contributed by atoms with Gasteiger partial charge in [-0.05, 0) is 24.5 Å². The second-order valence-corrected chi connectivity index (χ2v) is 5.11. The van der Waals surface area contributed by atoms with Gasteiger partial charge < -0.3 is 10.4 Å². The first-order valence-corrected chi connectivity index (χ1v) is 6.85. The van der Waals surface area contributed by atoms with Gasteiger partial charge in [-0.1, -0.05) is 4.98 Å². The van der Waals surface area contributed by atoms with Gasteiger partial charge in [0.2, 0.25) is 5.82 Å². The Morgan fingerprint density at radius 1 is 1.47 bits per heavy atom. The third-order valence-electron chi connectivity index (χ3n) is 2.69. The molecule has 1 aliphatic heterocycles. The molecular weight excluding hydrogens is 276 g/mol. The quantitative estimate of drug-likeness (QED) is 0.529. The summed E-state index contributed by atoms with van der Waals surface area (Å²) in [6, 6.07) is 1.66. The monoisotopic (exact) mass is 292 g/mol. The normalized spacial score (nSPS) is 15.2. The Kier molecular flexibility index (Phi) is 4.50. The van der Waals surface area contributed by atoms with Gasteiger partial charge in [-0.3, -0.25) is 10.3 Å². The minimum atomic E-state index is -4.62. The van der Waals surface area contributed by atoms with Gasteiger partial charge in [-0.25, -0.2) is 4.28 Å². The maximum atomic E-state index is 10.7. The molecule has 2 heterocycles. The van der Waals surface area contributed by atoms with Crippen LogP contribution in [0.15, 0.2) is 6.07 Å². The van der Waals surface area contributed by atoms with Crippen LogP contribution in [-0.2, 0) is 10.4 Å². The standard InChI is InChI=1S/C9H14N4O4S.H2O/c1-7-6-8(12-4-2-3-5-12)11-9(10)13(7)17-18(14,15)16;/h6,10H,2-5H2,1H3,(H,14,15,16);1H2. The summed E-state index contributed by atoms with van der Waals surface area (Å²) in [7, 11) is -4.62. The van der Waals surface area contributed by atoms with Crippen molar-refractivity contribution in [3.05, 3.63) is 11.8 Å². The summed E-state index contributed by atoms with van der Waals surface area (Å²) in [5.41, 5.74) is 6.05. The zero-order valence-electron chi connectivity index (χ0n) is 10.4. The molecule has 108 valence electrons. The highest BCUT2D eigenvalue weighted by molar-refractivity contribution is 7.80. The SMILES string of the molecule is Cc1cc(N2CCCC2)nc(N)[n+]1OS(=O)(=O)O.[OH-]. The molecule has 2 rings (SSSR count). The second-order valence-electron chi connectivity index (χ2n) is 4.10. The number of nitrogens with two attached hydrogens (primary N) is 1. The molecule has 4 N–H and O–H groups in total. The smallest absolute Gasteiger partial charge is 0.476 e. The molecule has 0 aromatic carbocycles. The Balaban J connectivity index is 0.00000180. The Hall–Kier alpha value is -1.65. The zero-order valence-corrected chi connectivity index (χ0v) is 11.2. The molecule has 1 aromatic heterocycles. The minimum Gasteiger partial charge on any atom is -0.870 e. The van der Waals surface area contributed by atoms with E-state index in [-0.39, 0.29) is 11.4 Å². The first kappa shape index (κ1) is 15.4. The summed E-state index contributed by atoms with van der Waals surface area (Å²) in [5.74, 6) is 0.548. The second kappa shape index (κ2) is 5.55. The predicted molar refractivity (Wildman–Crippen MR) is 65.1 cm³/mol. The fourth-order valence-corrected chi connectivity index (χ4v) is 2.30. The van der Waals surface area contributed by atoms with Crippen LogP contribution < -0.4 is 19.6 Å². The lowest BCUT2D eigenvalue weighted by atomic mass is 10.4. The summed E-state index contributed by atoms with van der Waals surface area (Å²) in [6.07, 6.45) is 2.19. The van der Waals surface area contributed by atoms with Crippen LogP contribution in [-0.4, -0.2) is 36.5 Å². The molecule has 0 amide bonds. The molecule has 0 saturated carbocycles. The Morgan fingerprint density at radius 2 is 2.05 bits per heavy atom. The summed E-state index contributed by atoms with van der Waals surface area (Å²) in [6.45, 7) is 3.41. The van der Waals surface area contributed by atoms with Crippen LogP contribution in [0.3, 0.4) is 0 Å². The van der Waals surface area contributed by atoms with Crippen molar-refractivity contribution in [2.45, 2.75) is 19.8 Å². The molecule has 0 spiro atoms. The van der Waals surface area contributed by atoms with Crippen molar-refractivity contribution in [3.63, 3.8) is 0 Å². The number of nitrogens with zero attached hydrogens (tertiary/aromatic N) is 3. The van der Waals surface area contributed by atoms with E-state index in [0.717, 1.165) is 30.7 Å². The van der Waals surface area contributed by atoms with Gasteiger partial charge in [-0.2, -0.15) is 8.42 Å². The molecule has 0 radical (unpaired) electrons. The predicted octanol–water partition coefficient (Wildman–Crippen LogP) is -1.09. The lowest BCUT2D eigenvalue weighted by Crippen LogP contribution is -2.51. The van der Waals surface area contributed by atoms with Gasteiger partial charge in [0.05, 0.1) is 0 Å². The molecular formula is C9H16N4O5S. The molecule has 0 unspecified atom stereocenters. The summed E-state index contributed by atoms with van der Waals surface area (Å²) < 4.78 is 35.1. The highest BCUT2D eigenvalue weighted by Crippen LogP contribution is 2.18. The van der Waals surface area contributed by atoms with Crippen molar-refractivity contribution in [3.8, 4) is 0 Å².